The number of aromatic nitrogens is 1. The van der Waals surface area contributed by atoms with E-state index in [4.69, 9.17) is 5.73 Å². The molecule has 2 amide bonds. The Balaban J connectivity index is 0.00000288. The fraction of sp³-hybridized carbons (Fsp3) is 0.133. The molecule has 2 aromatic rings. The van der Waals surface area contributed by atoms with Crippen LogP contribution < -0.4 is 32.8 Å². The number of rotatable bonds is 6. The number of hydrogen-bond donors (Lipinski definition) is 2. The lowest BCUT2D eigenvalue weighted by atomic mass is 10.2. The molecule has 0 saturated heterocycles. The summed E-state index contributed by atoms with van der Waals surface area (Å²) in [5.41, 5.74) is 5.54. The van der Waals surface area contributed by atoms with Crippen molar-refractivity contribution < 1.29 is 40.1 Å². The maximum absolute atomic E-state index is 12.3. The number of nitrogens with zero attached hydrogens (tertiary/aromatic N) is 1. The van der Waals surface area contributed by atoms with Gasteiger partial charge in [-0.2, -0.15) is 13.3 Å². The first kappa shape index (κ1) is 19.3. The molecule has 128 valence electrons. The average molecular weight is 358 g/mol. The van der Waals surface area contributed by atoms with Crippen LogP contribution in [0.25, 0.3) is 0 Å². The van der Waals surface area contributed by atoms with E-state index >= 15 is 0 Å². The van der Waals surface area contributed by atoms with Crippen molar-refractivity contribution in [1.82, 2.24) is 0 Å². The maximum Gasteiger partial charge on any atom is 0.387 e. The predicted octanol–water partition coefficient (Wildman–Crippen LogP) is -1.68. The lowest BCUT2D eigenvalue weighted by Crippen LogP contribution is -3.00. The van der Waals surface area contributed by atoms with Crippen molar-refractivity contribution in [2.75, 3.05) is 5.32 Å². The van der Waals surface area contributed by atoms with Crippen molar-refractivity contribution in [3.63, 3.8) is 0 Å². The smallest absolute Gasteiger partial charge is 0.387 e. The molecule has 3 N–H and O–H groups in total. The number of primary amides is 1. The Hall–Kier alpha value is -2.74. The van der Waals surface area contributed by atoms with Crippen LogP contribution in [-0.4, -0.2) is 18.4 Å². The van der Waals surface area contributed by atoms with Crippen LogP contribution in [0.4, 0.5) is 14.5 Å². The van der Waals surface area contributed by atoms with Crippen molar-refractivity contribution in [3.05, 3.63) is 54.4 Å². The van der Waals surface area contributed by atoms with E-state index in [1.807, 2.05) is 0 Å². The van der Waals surface area contributed by atoms with E-state index in [9.17, 15) is 18.4 Å². The third-order valence-electron chi connectivity index (χ3n) is 2.85. The normalized spacial score (nSPS) is 9.96. The number of pyridine rings is 1. The number of nitrogens with two attached hydrogens (primary N) is 1. The average Bonchev–Trinajstić information content (AvgIpc) is 2.49. The zero-order valence-corrected chi connectivity index (χ0v) is 13.0. The molecule has 0 aliphatic carbocycles. The molecule has 0 aliphatic heterocycles. The molecule has 24 heavy (non-hydrogen) atoms. The zero-order valence-electron chi connectivity index (χ0n) is 12.3. The Morgan fingerprint density at radius 2 is 1.92 bits per heavy atom. The van der Waals surface area contributed by atoms with Crippen molar-refractivity contribution >= 4 is 17.5 Å². The fourth-order valence-corrected chi connectivity index (χ4v) is 1.89. The first-order chi connectivity index (χ1) is 11.0. The zero-order chi connectivity index (χ0) is 16.8. The monoisotopic (exact) mass is 357 g/mol. The number of nitrogens with one attached hydrogen (secondary N) is 1. The molecule has 0 radical (unpaired) electrons. The standard InChI is InChI=1S/C15H13F2N3O3.ClH/c16-15(17)23-12-6-2-1-5-11(12)19-13(21)9-20-7-3-4-10(8-20)14(18)22;/h1-8,15H,9H2,(H2-,18,19,21,22);1H. The molecular formula is C15H14ClF2N3O3. The first-order valence-electron chi connectivity index (χ1n) is 6.58. The SMILES string of the molecule is NC(=O)c1ccc[n+](CC(=O)Nc2ccccc2OC(F)F)c1.[Cl-]. The van der Waals surface area contributed by atoms with Gasteiger partial charge in [0.15, 0.2) is 12.4 Å². The number of carbonyl (C=O) groups excluding carboxylic acids is 2. The van der Waals surface area contributed by atoms with E-state index in [0.717, 1.165) is 0 Å². The van der Waals surface area contributed by atoms with Gasteiger partial charge >= 0.3 is 6.61 Å². The quantitative estimate of drug-likeness (QED) is 0.605. The van der Waals surface area contributed by atoms with Gasteiger partial charge in [-0.25, -0.2) is 0 Å². The molecule has 0 fully saturated rings. The third kappa shape index (κ3) is 5.47. The van der Waals surface area contributed by atoms with Crippen molar-refractivity contribution in [3.8, 4) is 5.75 Å². The lowest BCUT2D eigenvalue weighted by molar-refractivity contribution is -0.684. The summed E-state index contributed by atoms with van der Waals surface area (Å²) in [5, 5.41) is 2.48. The molecule has 1 aromatic carbocycles. The minimum Gasteiger partial charge on any atom is -1.00 e. The Kier molecular flexibility index (Phi) is 7.06. The minimum atomic E-state index is -2.99. The lowest BCUT2D eigenvalue weighted by Gasteiger charge is -2.10. The number of halogens is 3. The summed E-state index contributed by atoms with van der Waals surface area (Å²) in [4.78, 5) is 23.1. The van der Waals surface area contributed by atoms with Crippen LogP contribution in [0.3, 0.4) is 0 Å². The number of alkyl halides is 2. The maximum atomic E-state index is 12.3. The van der Waals surface area contributed by atoms with Crippen LogP contribution in [0.2, 0.25) is 0 Å². The van der Waals surface area contributed by atoms with Gasteiger partial charge in [0, 0.05) is 6.07 Å². The van der Waals surface area contributed by atoms with Crippen LogP contribution >= 0.6 is 0 Å². The minimum absolute atomic E-state index is 0. The highest BCUT2D eigenvalue weighted by atomic mass is 35.5. The topological polar surface area (TPSA) is 85.3 Å². The van der Waals surface area contributed by atoms with E-state index in [1.165, 1.54) is 35.0 Å². The molecule has 1 heterocycles. The number of anilines is 1. The van der Waals surface area contributed by atoms with Gasteiger partial charge in [-0.15, -0.1) is 0 Å². The van der Waals surface area contributed by atoms with Gasteiger partial charge < -0.3 is 28.2 Å². The van der Waals surface area contributed by atoms with Crippen molar-refractivity contribution in [2.24, 2.45) is 5.73 Å². The van der Waals surface area contributed by atoms with Gasteiger partial charge in [-0.05, 0) is 18.2 Å². The molecule has 0 atom stereocenters. The summed E-state index contributed by atoms with van der Waals surface area (Å²) in [7, 11) is 0. The highest BCUT2D eigenvalue weighted by Gasteiger charge is 2.15. The summed E-state index contributed by atoms with van der Waals surface area (Å²) in [5.74, 6) is -1.22. The van der Waals surface area contributed by atoms with E-state index in [-0.39, 0.29) is 36.0 Å². The summed E-state index contributed by atoms with van der Waals surface area (Å²) in [6, 6.07) is 8.94. The molecule has 0 aliphatic rings. The van der Waals surface area contributed by atoms with Gasteiger partial charge in [-0.3, -0.25) is 9.59 Å². The summed E-state index contributed by atoms with van der Waals surface area (Å²) in [6.07, 6.45) is 3.00. The van der Waals surface area contributed by atoms with Gasteiger partial charge in [0.05, 0.1) is 5.69 Å². The number of benzene rings is 1. The Labute approximate surface area is 142 Å². The molecule has 9 heteroatoms. The molecule has 0 saturated carbocycles. The molecular weight excluding hydrogens is 344 g/mol. The summed E-state index contributed by atoms with van der Waals surface area (Å²) < 4.78 is 30.4. The molecule has 1 aromatic heterocycles. The first-order valence-corrected chi connectivity index (χ1v) is 6.58. The van der Waals surface area contributed by atoms with Crippen LogP contribution in [-0.2, 0) is 11.3 Å². The third-order valence-corrected chi connectivity index (χ3v) is 2.85. The number of para-hydroxylation sites is 2. The van der Waals surface area contributed by atoms with E-state index in [2.05, 4.69) is 10.1 Å². The molecule has 0 unspecified atom stereocenters. The number of hydrogen-bond acceptors (Lipinski definition) is 3. The summed E-state index contributed by atoms with van der Waals surface area (Å²) >= 11 is 0. The largest absolute Gasteiger partial charge is 1.00 e. The van der Waals surface area contributed by atoms with Crippen LogP contribution in [0, 0.1) is 0 Å². The van der Waals surface area contributed by atoms with E-state index in [0.29, 0.717) is 0 Å². The van der Waals surface area contributed by atoms with Gasteiger partial charge in [0.1, 0.15) is 11.3 Å². The molecule has 2 rings (SSSR count). The van der Waals surface area contributed by atoms with Gasteiger partial charge in [0.25, 0.3) is 11.8 Å². The number of amides is 2. The van der Waals surface area contributed by atoms with Crippen LogP contribution in [0.1, 0.15) is 10.4 Å². The van der Waals surface area contributed by atoms with E-state index < -0.39 is 18.4 Å². The van der Waals surface area contributed by atoms with Crippen LogP contribution in [0.15, 0.2) is 48.8 Å². The second-order valence-corrected chi connectivity index (χ2v) is 4.55. The van der Waals surface area contributed by atoms with Gasteiger partial charge in [0.2, 0.25) is 6.54 Å². The van der Waals surface area contributed by atoms with Crippen molar-refractivity contribution in [1.29, 1.82) is 0 Å². The summed E-state index contributed by atoms with van der Waals surface area (Å²) in [6.45, 7) is -3.11. The Bertz CT molecular complexity index is 729. The van der Waals surface area contributed by atoms with Crippen molar-refractivity contribution in [2.45, 2.75) is 13.2 Å². The second-order valence-electron chi connectivity index (χ2n) is 4.55. The fourth-order valence-electron chi connectivity index (χ4n) is 1.89. The van der Waals surface area contributed by atoms with Gasteiger partial charge in [-0.1, -0.05) is 12.1 Å². The predicted molar refractivity (Wildman–Crippen MR) is 76.9 cm³/mol. The number of ether oxygens (including phenoxy) is 1. The highest BCUT2D eigenvalue weighted by molar-refractivity contribution is 5.92. The molecule has 0 spiro atoms. The molecule has 6 nitrogen and oxygen atoms in total. The van der Waals surface area contributed by atoms with Crippen LogP contribution in [0.5, 0.6) is 5.75 Å². The highest BCUT2D eigenvalue weighted by Crippen LogP contribution is 2.25. The second kappa shape index (κ2) is 8.78. The van der Waals surface area contributed by atoms with E-state index in [1.54, 1.807) is 18.3 Å². The molecule has 0 bridgehead atoms. The number of carbonyl (C=O) groups is 2. The Morgan fingerprint density at radius 1 is 1.21 bits per heavy atom. The Morgan fingerprint density at radius 3 is 2.58 bits per heavy atom.